The summed E-state index contributed by atoms with van der Waals surface area (Å²) in [5.74, 6) is -2.22. The molecular formula is C26H20Cl2N6O4. The standard InChI is InChI=1S/C26H20Cl2N6O4/c27-18-7-10-23(34-15-29-32-33-34)17(13-18)6-11-24(35)31-22(12-16-4-2-1-3-5-16)25(36)30-19-8-9-20(26(37)38)21(28)14-19/h1-11,13-15,22H,12H2,(H,30,36)(H,31,35)(H,37,38)/b11-6+/t22-/m0/s1. The number of hydrogen-bond acceptors (Lipinski definition) is 6. The molecule has 10 nitrogen and oxygen atoms in total. The number of carbonyl (C=O) groups excluding carboxylic acids is 2. The smallest absolute Gasteiger partial charge is 0.337 e. The van der Waals surface area contributed by atoms with Crippen LogP contribution in [0.15, 0.2) is 79.1 Å². The van der Waals surface area contributed by atoms with Crippen LogP contribution in [0.5, 0.6) is 0 Å². The van der Waals surface area contributed by atoms with Gasteiger partial charge in [-0.3, -0.25) is 9.59 Å². The van der Waals surface area contributed by atoms with Crippen molar-refractivity contribution in [1.82, 2.24) is 25.5 Å². The highest BCUT2D eigenvalue weighted by atomic mass is 35.5. The lowest BCUT2D eigenvalue weighted by Crippen LogP contribution is -2.44. The fourth-order valence-electron chi connectivity index (χ4n) is 3.58. The van der Waals surface area contributed by atoms with Gasteiger partial charge in [-0.05, 0) is 58.5 Å². The van der Waals surface area contributed by atoms with Crippen LogP contribution >= 0.6 is 23.2 Å². The summed E-state index contributed by atoms with van der Waals surface area (Å²) in [6.07, 6.45) is 4.44. The highest BCUT2D eigenvalue weighted by molar-refractivity contribution is 6.33. The lowest BCUT2D eigenvalue weighted by Gasteiger charge is -2.18. The topological polar surface area (TPSA) is 139 Å². The first-order chi connectivity index (χ1) is 18.3. The highest BCUT2D eigenvalue weighted by Gasteiger charge is 2.21. The van der Waals surface area contributed by atoms with Crippen LogP contribution in [0.3, 0.4) is 0 Å². The van der Waals surface area contributed by atoms with E-state index < -0.39 is 23.8 Å². The molecule has 3 N–H and O–H groups in total. The molecule has 0 fully saturated rings. The number of amides is 2. The van der Waals surface area contributed by atoms with Crippen molar-refractivity contribution in [3.8, 4) is 5.69 Å². The summed E-state index contributed by atoms with van der Waals surface area (Å²) in [6, 6.07) is 17.3. The van der Waals surface area contributed by atoms with Gasteiger partial charge in [-0.25, -0.2) is 4.79 Å². The molecule has 192 valence electrons. The van der Waals surface area contributed by atoms with Gasteiger partial charge in [0, 0.05) is 28.8 Å². The van der Waals surface area contributed by atoms with Crippen molar-refractivity contribution in [2.75, 3.05) is 5.32 Å². The molecule has 0 radical (unpaired) electrons. The summed E-state index contributed by atoms with van der Waals surface area (Å²) < 4.78 is 1.43. The van der Waals surface area contributed by atoms with Gasteiger partial charge >= 0.3 is 5.97 Å². The molecule has 3 aromatic carbocycles. The van der Waals surface area contributed by atoms with Crippen LogP contribution in [0.4, 0.5) is 5.69 Å². The van der Waals surface area contributed by atoms with Crippen LogP contribution in [0.1, 0.15) is 21.5 Å². The van der Waals surface area contributed by atoms with Crippen molar-refractivity contribution in [3.63, 3.8) is 0 Å². The largest absolute Gasteiger partial charge is 0.478 e. The minimum Gasteiger partial charge on any atom is -0.478 e. The normalized spacial score (nSPS) is 11.7. The Balaban J connectivity index is 1.53. The Hall–Kier alpha value is -4.54. The Labute approximate surface area is 226 Å². The lowest BCUT2D eigenvalue weighted by molar-refractivity contribution is -0.123. The molecule has 4 aromatic rings. The Kier molecular flexibility index (Phi) is 8.47. The third kappa shape index (κ3) is 6.81. The Morgan fingerprint density at radius 1 is 1.03 bits per heavy atom. The molecule has 0 aliphatic carbocycles. The number of nitrogens with one attached hydrogen (secondary N) is 2. The number of carboxylic acid groups (broad SMARTS) is 1. The molecule has 4 rings (SSSR count). The van der Waals surface area contributed by atoms with Crippen molar-refractivity contribution in [2.24, 2.45) is 0 Å². The van der Waals surface area contributed by atoms with E-state index in [1.165, 1.54) is 35.3 Å². The van der Waals surface area contributed by atoms with Crippen LogP contribution in [0, 0.1) is 0 Å². The van der Waals surface area contributed by atoms with Gasteiger partial charge in [-0.15, -0.1) is 5.10 Å². The maximum atomic E-state index is 13.2. The van der Waals surface area contributed by atoms with Gasteiger partial charge < -0.3 is 15.7 Å². The van der Waals surface area contributed by atoms with E-state index in [1.807, 2.05) is 30.3 Å². The van der Waals surface area contributed by atoms with E-state index in [2.05, 4.69) is 26.2 Å². The molecule has 1 atom stereocenters. The van der Waals surface area contributed by atoms with Gasteiger partial charge in [-0.2, -0.15) is 4.68 Å². The van der Waals surface area contributed by atoms with E-state index in [0.29, 0.717) is 16.3 Å². The second-order valence-corrected chi connectivity index (χ2v) is 8.87. The van der Waals surface area contributed by atoms with Gasteiger partial charge in [0.15, 0.2) is 0 Å². The zero-order chi connectivity index (χ0) is 27.1. The van der Waals surface area contributed by atoms with Crippen molar-refractivity contribution < 1.29 is 19.5 Å². The highest BCUT2D eigenvalue weighted by Crippen LogP contribution is 2.22. The van der Waals surface area contributed by atoms with Crippen molar-refractivity contribution in [1.29, 1.82) is 0 Å². The number of nitrogens with zero attached hydrogens (tertiary/aromatic N) is 4. The number of hydrogen-bond donors (Lipinski definition) is 3. The zero-order valence-corrected chi connectivity index (χ0v) is 21.1. The molecule has 0 spiro atoms. The minimum absolute atomic E-state index is 0.0261. The van der Waals surface area contributed by atoms with Crippen LogP contribution < -0.4 is 10.6 Å². The predicted octanol–water partition coefficient (Wildman–Crippen LogP) is 4.05. The summed E-state index contributed by atoms with van der Waals surface area (Å²) in [6.45, 7) is 0. The van der Waals surface area contributed by atoms with Crippen LogP contribution in [0.2, 0.25) is 10.0 Å². The Morgan fingerprint density at radius 3 is 2.50 bits per heavy atom. The first-order valence-corrected chi connectivity index (χ1v) is 11.9. The number of aromatic carboxylic acids is 1. The molecule has 1 heterocycles. The zero-order valence-electron chi connectivity index (χ0n) is 19.6. The summed E-state index contributed by atoms with van der Waals surface area (Å²) in [5.41, 5.74) is 2.21. The summed E-state index contributed by atoms with van der Waals surface area (Å²) >= 11 is 12.2. The molecule has 2 amide bonds. The van der Waals surface area contributed by atoms with E-state index >= 15 is 0 Å². The van der Waals surface area contributed by atoms with Crippen LogP contribution in [-0.4, -0.2) is 49.1 Å². The SMILES string of the molecule is O=C(/C=C/c1cc(Cl)ccc1-n1cnnn1)N[C@@H](Cc1ccccc1)C(=O)Nc1ccc(C(=O)O)c(Cl)c1. The molecular weight excluding hydrogens is 531 g/mol. The maximum Gasteiger partial charge on any atom is 0.337 e. The molecule has 38 heavy (non-hydrogen) atoms. The Morgan fingerprint density at radius 2 is 1.82 bits per heavy atom. The predicted molar refractivity (Wildman–Crippen MR) is 142 cm³/mol. The minimum atomic E-state index is -1.18. The number of benzene rings is 3. The number of halogens is 2. The van der Waals surface area contributed by atoms with Gasteiger partial charge in [0.25, 0.3) is 0 Å². The third-order valence-electron chi connectivity index (χ3n) is 5.38. The number of carbonyl (C=O) groups is 3. The van der Waals surface area contributed by atoms with E-state index in [9.17, 15) is 14.4 Å². The van der Waals surface area contributed by atoms with Gasteiger partial charge in [0.05, 0.1) is 16.3 Å². The molecule has 0 saturated carbocycles. The average Bonchev–Trinajstić information content (AvgIpc) is 3.42. The number of anilines is 1. The van der Waals surface area contributed by atoms with E-state index in [-0.39, 0.29) is 22.7 Å². The van der Waals surface area contributed by atoms with Gasteiger partial charge in [0.2, 0.25) is 11.8 Å². The van der Waals surface area contributed by atoms with Crippen molar-refractivity contribution in [2.45, 2.75) is 12.5 Å². The summed E-state index contributed by atoms with van der Waals surface area (Å²) in [7, 11) is 0. The number of carboxylic acids is 1. The molecule has 1 aromatic heterocycles. The first-order valence-electron chi connectivity index (χ1n) is 11.2. The molecule has 12 heteroatoms. The number of rotatable bonds is 9. The molecule has 0 aliphatic heterocycles. The fourth-order valence-corrected chi connectivity index (χ4v) is 4.02. The Bertz CT molecular complexity index is 1490. The first kappa shape index (κ1) is 26.5. The van der Waals surface area contributed by atoms with E-state index in [0.717, 1.165) is 5.56 Å². The van der Waals surface area contributed by atoms with Crippen LogP contribution in [-0.2, 0) is 16.0 Å². The quantitative estimate of drug-likeness (QED) is 0.267. The second kappa shape index (κ2) is 12.1. The molecule has 0 unspecified atom stereocenters. The molecule has 0 bridgehead atoms. The molecule has 0 saturated heterocycles. The lowest BCUT2D eigenvalue weighted by atomic mass is 10.0. The summed E-state index contributed by atoms with van der Waals surface area (Å²) in [4.78, 5) is 37.3. The average molecular weight is 551 g/mol. The summed E-state index contributed by atoms with van der Waals surface area (Å²) in [5, 5.41) is 26.1. The number of aromatic nitrogens is 4. The molecule has 0 aliphatic rings. The fraction of sp³-hybridized carbons (Fsp3) is 0.0769. The second-order valence-electron chi connectivity index (χ2n) is 8.03. The van der Waals surface area contributed by atoms with E-state index in [1.54, 1.807) is 24.3 Å². The van der Waals surface area contributed by atoms with E-state index in [4.69, 9.17) is 28.3 Å². The van der Waals surface area contributed by atoms with Crippen LogP contribution in [0.25, 0.3) is 11.8 Å². The van der Waals surface area contributed by atoms with Gasteiger partial charge in [-0.1, -0.05) is 53.5 Å². The number of tetrazole rings is 1. The van der Waals surface area contributed by atoms with Crippen molar-refractivity contribution in [3.05, 3.63) is 106 Å². The maximum absolute atomic E-state index is 13.2. The third-order valence-corrected chi connectivity index (χ3v) is 5.93. The van der Waals surface area contributed by atoms with Crippen molar-refractivity contribution >= 4 is 52.7 Å². The monoisotopic (exact) mass is 550 g/mol. The van der Waals surface area contributed by atoms with Gasteiger partial charge in [0.1, 0.15) is 12.4 Å².